The number of anilines is 1. The third-order valence-electron chi connectivity index (χ3n) is 6.92. The summed E-state index contributed by atoms with van der Waals surface area (Å²) in [6, 6.07) is 20.5. The van der Waals surface area contributed by atoms with E-state index in [1.807, 2.05) is 54.2 Å². The first-order valence-corrected chi connectivity index (χ1v) is 13.8. The second kappa shape index (κ2) is 12.1. The molecule has 0 bridgehead atoms. The summed E-state index contributed by atoms with van der Waals surface area (Å²) in [5.41, 5.74) is 5.88. The van der Waals surface area contributed by atoms with Crippen LogP contribution in [0.15, 0.2) is 84.5 Å². The molecule has 5 nitrogen and oxygen atoms in total. The van der Waals surface area contributed by atoms with Gasteiger partial charge in [0.15, 0.2) is 0 Å². The number of nitrogens with zero attached hydrogens (tertiary/aromatic N) is 3. The van der Waals surface area contributed by atoms with E-state index in [9.17, 15) is 4.79 Å². The minimum absolute atomic E-state index is 0.154. The summed E-state index contributed by atoms with van der Waals surface area (Å²) >= 11 is 1.61. The van der Waals surface area contributed by atoms with Crippen LogP contribution in [0.1, 0.15) is 52.3 Å². The quantitative estimate of drug-likeness (QED) is 0.281. The molecule has 1 amide bonds. The Labute approximate surface area is 222 Å². The van der Waals surface area contributed by atoms with E-state index >= 15 is 0 Å². The third-order valence-corrected chi connectivity index (χ3v) is 7.93. The first-order chi connectivity index (χ1) is 18.2. The SMILES string of the molecule is CCc1ccc(-c2ccccc2NC(=O)c2csc(C3CCN(C/C=C\c4ccncc4)CC3)n2)cc1. The minimum atomic E-state index is -0.154. The number of aryl methyl sites for hydroxylation is 1. The Kier molecular flexibility index (Phi) is 8.18. The van der Waals surface area contributed by atoms with E-state index in [1.54, 1.807) is 11.3 Å². The lowest BCUT2D eigenvalue weighted by atomic mass is 9.97. The number of nitrogens with one attached hydrogen (secondary N) is 1. The zero-order valence-corrected chi connectivity index (χ0v) is 22.0. The number of likely N-dealkylation sites (tertiary alicyclic amines) is 1. The minimum Gasteiger partial charge on any atom is -0.320 e. The van der Waals surface area contributed by atoms with Gasteiger partial charge in [0.1, 0.15) is 5.69 Å². The Hall–Kier alpha value is -3.61. The largest absolute Gasteiger partial charge is 0.320 e. The van der Waals surface area contributed by atoms with Crippen LogP contribution in [0.25, 0.3) is 17.2 Å². The topological polar surface area (TPSA) is 58.1 Å². The zero-order valence-electron chi connectivity index (χ0n) is 21.1. The molecule has 0 spiro atoms. The van der Waals surface area contributed by atoms with Crippen LogP contribution in [-0.2, 0) is 6.42 Å². The highest BCUT2D eigenvalue weighted by molar-refractivity contribution is 7.10. The van der Waals surface area contributed by atoms with Gasteiger partial charge in [0.25, 0.3) is 5.91 Å². The molecule has 5 rings (SSSR count). The van der Waals surface area contributed by atoms with Crippen LogP contribution in [0.4, 0.5) is 5.69 Å². The molecule has 4 aromatic rings. The molecule has 0 radical (unpaired) electrons. The third kappa shape index (κ3) is 6.40. The van der Waals surface area contributed by atoms with Crippen molar-refractivity contribution < 1.29 is 4.79 Å². The van der Waals surface area contributed by atoms with Gasteiger partial charge < -0.3 is 5.32 Å². The molecular weight excluding hydrogens is 476 g/mol. The number of piperidine rings is 1. The summed E-state index contributed by atoms with van der Waals surface area (Å²) in [7, 11) is 0. The maximum Gasteiger partial charge on any atom is 0.275 e. The molecule has 2 aromatic carbocycles. The number of para-hydroxylation sites is 1. The number of hydrogen-bond donors (Lipinski definition) is 1. The molecule has 0 atom stereocenters. The lowest BCUT2D eigenvalue weighted by molar-refractivity contribution is 0.102. The maximum atomic E-state index is 13.1. The van der Waals surface area contributed by atoms with Crippen molar-refractivity contribution in [1.29, 1.82) is 0 Å². The molecule has 37 heavy (non-hydrogen) atoms. The smallest absolute Gasteiger partial charge is 0.275 e. The normalized spacial score (nSPS) is 14.7. The van der Waals surface area contributed by atoms with Gasteiger partial charge in [0, 0.05) is 41.5 Å². The van der Waals surface area contributed by atoms with E-state index in [4.69, 9.17) is 4.98 Å². The molecule has 1 saturated heterocycles. The van der Waals surface area contributed by atoms with Gasteiger partial charge in [-0.1, -0.05) is 61.5 Å². The number of carbonyl (C=O) groups excluding carboxylic acids is 1. The second-order valence-corrected chi connectivity index (χ2v) is 10.3. The molecular formula is C31H32N4OS. The fraction of sp³-hybridized carbons (Fsp3) is 0.258. The Balaban J connectivity index is 1.17. The Morgan fingerprint density at radius 1 is 1.05 bits per heavy atom. The fourth-order valence-electron chi connectivity index (χ4n) is 4.70. The van der Waals surface area contributed by atoms with Gasteiger partial charge in [0.05, 0.1) is 5.01 Å². The average Bonchev–Trinajstić information content (AvgIpc) is 3.45. The summed E-state index contributed by atoms with van der Waals surface area (Å²) in [5, 5.41) is 6.07. The van der Waals surface area contributed by atoms with Crippen molar-refractivity contribution >= 4 is 29.0 Å². The Morgan fingerprint density at radius 2 is 1.81 bits per heavy atom. The van der Waals surface area contributed by atoms with Crippen LogP contribution in [0, 0.1) is 0 Å². The van der Waals surface area contributed by atoms with Crippen molar-refractivity contribution in [3.8, 4) is 11.1 Å². The van der Waals surface area contributed by atoms with Gasteiger partial charge in [-0.25, -0.2) is 4.98 Å². The lowest BCUT2D eigenvalue weighted by Gasteiger charge is -2.30. The highest BCUT2D eigenvalue weighted by Crippen LogP contribution is 2.32. The van der Waals surface area contributed by atoms with Gasteiger partial charge in [-0.15, -0.1) is 11.3 Å². The van der Waals surface area contributed by atoms with E-state index in [1.165, 1.54) is 11.1 Å². The van der Waals surface area contributed by atoms with Crippen LogP contribution in [-0.4, -0.2) is 40.4 Å². The van der Waals surface area contributed by atoms with E-state index in [0.29, 0.717) is 11.6 Å². The number of aromatic nitrogens is 2. The molecule has 1 N–H and O–H groups in total. The van der Waals surface area contributed by atoms with Crippen molar-refractivity contribution in [2.24, 2.45) is 0 Å². The molecule has 0 unspecified atom stereocenters. The number of hydrogen-bond acceptors (Lipinski definition) is 5. The number of pyridine rings is 1. The first kappa shape index (κ1) is 25.1. The molecule has 1 fully saturated rings. The summed E-state index contributed by atoms with van der Waals surface area (Å²) in [4.78, 5) is 24.4. The average molecular weight is 509 g/mol. The predicted octanol–water partition coefficient (Wildman–Crippen LogP) is 6.91. The molecule has 6 heteroatoms. The van der Waals surface area contributed by atoms with Crippen LogP contribution in [0.3, 0.4) is 0 Å². The number of amides is 1. The second-order valence-electron chi connectivity index (χ2n) is 9.38. The van der Waals surface area contributed by atoms with Gasteiger partial charge in [-0.2, -0.15) is 0 Å². The number of carbonyl (C=O) groups is 1. The van der Waals surface area contributed by atoms with Crippen LogP contribution < -0.4 is 5.32 Å². The molecule has 1 aliphatic heterocycles. The van der Waals surface area contributed by atoms with Gasteiger partial charge >= 0.3 is 0 Å². The van der Waals surface area contributed by atoms with Gasteiger partial charge in [0.2, 0.25) is 0 Å². The Bertz CT molecular complexity index is 1340. The number of thiazole rings is 1. The predicted molar refractivity (Wildman–Crippen MR) is 153 cm³/mol. The molecule has 1 aliphatic rings. The fourth-order valence-corrected chi connectivity index (χ4v) is 5.68. The van der Waals surface area contributed by atoms with E-state index in [-0.39, 0.29) is 5.91 Å². The molecule has 2 aromatic heterocycles. The van der Waals surface area contributed by atoms with Crippen LogP contribution >= 0.6 is 11.3 Å². The maximum absolute atomic E-state index is 13.1. The highest BCUT2D eigenvalue weighted by Gasteiger charge is 2.23. The Morgan fingerprint density at radius 3 is 2.57 bits per heavy atom. The van der Waals surface area contributed by atoms with Crippen molar-refractivity contribution in [3.05, 3.63) is 106 Å². The summed E-state index contributed by atoms with van der Waals surface area (Å²) in [5.74, 6) is 0.259. The lowest BCUT2D eigenvalue weighted by Crippen LogP contribution is -2.33. The molecule has 0 aliphatic carbocycles. The number of rotatable bonds is 8. The summed E-state index contributed by atoms with van der Waals surface area (Å²) in [6.07, 6.45) is 11.1. The first-order valence-electron chi connectivity index (χ1n) is 12.9. The van der Waals surface area contributed by atoms with E-state index in [2.05, 4.69) is 58.5 Å². The van der Waals surface area contributed by atoms with E-state index < -0.39 is 0 Å². The van der Waals surface area contributed by atoms with Crippen LogP contribution in [0.2, 0.25) is 0 Å². The van der Waals surface area contributed by atoms with E-state index in [0.717, 1.165) is 60.7 Å². The van der Waals surface area contributed by atoms with Gasteiger partial charge in [-0.05, 0) is 67.2 Å². The highest BCUT2D eigenvalue weighted by atomic mass is 32.1. The van der Waals surface area contributed by atoms with Gasteiger partial charge in [-0.3, -0.25) is 14.7 Å². The summed E-state index contributed by atoms with van der Waals surface area (Å²) < 4.78 is 0. The molecule has 0 saturated carbocycles. The monoisotopic (exact) mass is 508 g/mol. The standard InChI is InChI=1S/C31H32N4OS/c1-2-23-9-11-25(12-10-23)27-7-3-4-8-28(27)33-30(36)29-22-37-31(34-29)26-15-20-35(21-16-26)19-5-6-24-13-17-32-18-14-24/h3-14,17-18,22,26H,2,15-16,19-21H2,1H3,(H,33,36)/b6-5-. The molecule has 3 heterocycles. The zero-order chi connectivity index (χ0) is 25.5. The van der Waals surface area contributed by atoms with Crippen molar-refractivity contribution in [2.45, 2.75) is 32.1 Å². The van der Waals surface area contributed by atoms with Crippen molar-refractivity contribution in [2.75, 3.05) is 25.0 Å². The van der Waals surface area contributed by atoms with Crippen LogP contribution in [0.5, 0.6) is 0 Å². The number of benzene rings is 2. The van der Waals surface area contributed by atoms with Crippen molar-refractivity contribution in [3.63, 3.8) is 0 Å². The molecule has 188 valence electrons. The summed E-state index contributed by atoms with van der Waals surface area (Å²) in [6.45, 7) is 5.17. The van der Waals surface area contributed by atoms with Crippen molar-refractivity contribution in [1.82, 2.24) is 14.9 Å².